The third-order valence-corrected chi connectivity index (χ3v) is 8.75. The van der Waals surface area contributed by atoms with E-state index >= 15 is 0 Å². The summed E-state index contributed by atoms with van der Waals surface area (Å²) < 4.78 is 46.7. The molecule has 0 aromatic heterocycles. The maximum Gasteiger partial charge on any atom is 0.416 e. The quantitative estimate of drug-likeness (QED) is 0.480. The molecular formula is C30H35F3N2O4. The van der Waals surface area contributed by atoms with Crippen molar-refractivity contribution in [3.05, 3.63) is 58.7 Å². The van der Waals surface area contributed by atoms with E-state index in [2.05, 4.69) is 5.32 Å². The monoisotopic (exact) mass is 544 g/mol. The van der Waals surface area contributed by atoms with Crippen molar-refractivity contribution in [2.75, 3.05) is 20.2 Å². The van der Waals surface area contributed by atoms with Crippen molar-refractivity contribution in [3.8, 4) is 11.5 Å². The van der Waals surface area contributed by atoms with Crippen LogP contribution in [0.5, 0.6) is 11.5 Å². The number of phenols is 1. The molecule has 3 fully saturated rings. The molecule has 1 spiro atoms. The van der Waals surface area contributed by atoms with Crippen molar-refractivity contribution < 1.29 is 32.6 Å². The molecule has 9 heteroatoms. The van der Waals surface area contributed by atoms with Crippen molar-refractivity contribution in [3.63, 3.8) is 0 Å². The summed E-state index contributed by atoms with van der Waals surface area (Å²) in [6.45, 7) is 1.22. The molecule has 6 nitrogen and oxygen atoms in total. The smallest absolute Gasteiger partial charge is 0.416 e. The van der Waals surface area contributed by atoms with E-state index in [1.54, 1.807) is 12.1 Å². The van der Waals surface area contributed by atoms with Crippen LogP contribution in [0.25, 0.3) is 0 Å². The van der Waals surface area contributed by atoms with Crippen LogP contribution >= 0.6 is 0 Å². The highest BCUT2D eigenvalue weighted by molar-refractivity contribution is 5.94. The topological polar surface area (TPSA) is 78.9 Å². The second-order valence-corrected chi connectivity index (χ2v) is 11.5. The molecule has 3 aliphatic rings. The second-order valence-electron chi connectivity index (χ2n) is 11.5. The summed E-state index contributed by atoms with van der Waals surface area (Å²) in [6, 6.07) is 8.82. The normalized spacial score (nSPS) is 23.5. The maximum absolute atomic E-state index is 13.9. The fourth-order valence-corrected chi connectivity index (χ4v) is 6.68. The average molecular weight is 545 g/mol. The lowest BCUT2D eigenvalue weighted by molar-refractivity contribution is -0.138. The Labute approximate surface area is 226 Å². The Bertz CT molecular complexity index is 1230. The van der Waals surface area contributed by atoms with Crippen LogP contribution in [-0.4, -0.2) is 48.1 Å². The van der Waals surface area contributed by atoms with Crippen LogP contribution in [0.2, 0.25) is 0 Å². The molecule has 5 rings (SSSR count). The molecule has 1 saturated heterocycles. The van der Waals surface area contributed by atoms with Crippen LogP contribution in [-0.2, 0) is 17.4 Å². The number of hydrogen-bond donors (Lipinski definition) is 2. The van der Waals surface area contributed by atoms with Gasteiger partial charge in [0.25, 0.3) is 5.91 Å². The van der Waals surface area contributed by atoms with Crippen molar-refractivity contribution in [1.29, 1.82) is 0 Å². The first-order valence-corrected chi connectivity index (χ1v) is 13.7. The Hall–Kier alpha value is -3.23. The fraction of sp³-hybridized carbons (Fsp3) is 0.533. The number of carbonyl (C=O) groups excluding carboxylic acids is 2. The number of amides is 2. The molecule has 0 radical (unpaired) electrons. The minimum Gasteiger partial charge on any atom is -0.504 e. The highest BCUT2D eigenvalue weighted by Gasteiger charge is 2.49. The van der Waals surface area contributed by atoms with E-state index in [1.165, 1.54) is 25.3 Å². The second kappa shape index (κ2) is 10.7. The third-order valence-electron chi connectivity index (χ3n) is 8.75. The van der Waals surface area contributed by atoms with Gasteiger partial charge in [-0.2, -0.15) is 13.2 Å². The third kappa shape index (κ3) is 5.87. The molecule has 1 heterocycles. The summed E-state index contributed by atoms with van der Waals surface area (Å²) in [5, 5.41) is 12.9. The van der Waals surface area contributed by atoms with Gasteiger partial charge in [0.1, 0.15) is 0 Å². The van der Waals surface area contributed by atoms with Gasteiger partial charge in [0.2, 0.25) is 5.91 Å². The first-order valence-electron chi connectivity index (χ1n) is 13.7. The van der Waals surface area contributed by atoms with Crippen LogP contribution in [0.15, 0.2) is 36.4 Å². The number of halogens is 3. The standard InChI is InChI=1S/C30H35F3N2O4/c1-39-26-10-7-19(13-25(26)36)14-27(37)35-12-11-29(18-35)16-22(17-29)34-28(38)21-8-9-23(20-5-3-2-4-6-20)24(15-21)30(31,32)33/h7-10,13,15,20,22,36H,2-6,11-12,14,16-18H2,1H3,(H,34,38). The highest BCUT2D eigenvalue weighted by atomic mass is 19.4. The van der Waals surface area contributed by atoms with Gasteiger partial charge in [0.05, 0.1) is 19.1 Å². The molecule has 2 N–H and O–H groups in total. The molecule has 0 bridgehead atoms. The van der Waals surface area contributed by atoms with Gasteiger partial charge >= 0.3 is 6.18 Å². The van der Waals surface area contributed by atoms with Gasteiger partial charge in [-0.05, 0) is 78.8 Å². The Morgan fingerprint density at radius 1 is 1.10 bits per heavy atom. The Balaban J connectivity index is 1.16. The molecule has 2 aromatic carbocycles. The first-order chi connectivity index (χ1) is 18.6. The molecule has 2 aliphatic carbocycles. The number of alkyl halides is 3. The summed E-state index contributed by atoms with van der Waals surface area (Å²) in [5.74, 6) is -0.280. The Kier molecular flexibility index (Phi) is 7.53. The number of nitrogens with zero attached hydrogens (tertiary/aromatic N) is 1. The maximum atomic E-state index is 13.9. The molecule has 2 saturated carbocycles. The van der Waals surface area contributed by atoms with Crippen molar-refractivity contribution >= 4 is 11.8 Å². The minimum absolute atomic E-state index is 0.00995. The van der Waals surface area contributed by atoms with Gasteiger partial charge in [-0.3, -0.25) is 9.59 Å². The van der Waals surface area contributed by atoms with E-state index in [0.29, 0.717) is 42.8 Å². The zero-order valence-electron chi connectivity index (χ0n) is 22.2. The number of likely N-dealkylation sites (tertiary alicyclic amines) is 1. The van der Waals surface area contributed by atoms with Gasteiger partial charge in [-0.25, -0.2) is 0 Å². The fourth-order valence-electron chi connectivity index (χ4n) is 6.68. The lowest BCUT2D eigenvalue weighted by Crippen LogP contribution is -2.52. The Morgan fingerprint density at radius 3 is 2.51 bits per heavy atom. The van der Waals surface area contributed by atoms with Crippen LogP contribution in [0.1, 0.15) is 84.3 Å². The van der Waals surface area contributed by atoms with E-state index < -0.39 is 17.6 Å². The lowest BCUT2D eigenvalue weighted by atomic mass is 9.65. The average Bonchev–Trinajstić information content (AvgIpc) is 3.34. The van der Waals surface area contributed by atoms with E-state index in [1.807, 2.05) is 4.90 Å². The van der Waals surface area contributed by atoms with Crippen LogP contribution in [0.4, 0.5) is 13.2 Å². The molecule has 0 unspecified atom stereocenters. The first kappa shape index (κ1) is 27.3. The van der Waals surface area contributed by atoms with Gasteiger partial charge in [-0.1, -0.05) is 31.4 Å². The summed E-state index contributed by atoms with van der Waals surface area (Å²) in [5.41, 5.74) is 0.279. The van der Waals surface area contributed by atoms with Gasteiger partial charge < -0.3 is 20.1 Å². The Morgan fingerprint density at radius 2 is 1.85 bits per heavy atom. The molecular weight excluding hydrogens is 509 g/mol. The van der Waals surface area contributed by atoms with Gasteiger partial charge in [-0.15, -0.1) is 0 Å². The molecule has 39 heavy (non-hydrogen) atoms. The van der Waals surface area contributed by atoms with E-state index in [9.17, 15) is 27.9 Å². The van der Waals surface area contributed by atoms with Crippen LogP contribution < -0.4 is 10.1 Å². The lowest BCUT2D eigenvalue weighted by Gasteiger charge is -2.45. The predicted octanol–water partition coefficient (Wildman–Crippen LogP) is 5.82. The number of benzene rings is 2. The van der Waals surface area contributed by atoms with Gasteiger partial charge in [0, 0.05) is 24.7 Å². The molecule has 2 amide bonds. The van der Waals surface area contributed by atoms with Crippen molar-refractivity contribution in [1.82, 2.24) is 10.2 Å². The molecule has 1 aliphatic heterocycles. The number of phenolic OH excluding ortho intramolecular Hbond substituents is 1. The minimum atomic E-state index is -4.51. The zero-order valence-corrected chi connectivity index (χ0v) is 22.2. The van der Waals surface area contributed by atoms with Crippen molar-refractivity contribution in [2.45, 2.75) is 75.9 Å². The summed E-state index contributed by atoms with van der Waals surface area (Å²) in [6.07, 6.45) is 2.30. The summed E-state index contributed by atoms with van der Waals surface area (Å²) >= 11 is 0. The SMILES string of the molecule is COc1ccc(CC(=O)N2CCC3(CC(NC(=O)c4ccc(C5CCCCC5)c(C(F)(F)F)c4)C3)C2)cc1O. The van der Waals surface area contributed by atoms with Gasteiger partial charge in [0.15, 0.2) is 11.5 Å². The largest absolute Gasteiger partial charge is 0.504 e. The van der Waals surface area contributed by atoms with Crippen LogP contribution in [0, 0.1) is 5.41 Å². The van der Waals surface area contributed by atoms with Crippen LogP contribution in [0.3, 0.4) is 0 Å². The summed E-state index contributed by atoms with van der Waals surface area (Å²) in [4.78, 5) is 27.6. The molecule has 0 atom stereocenters. The molecule has 210 valence electrons. The number of ether oxygens (including phenoxy) is 1. The highest BCUT2D eigenvalue weighted by Crippen LogP contribution is 2.48. The number of methoxy groups -OCH3 is 1. The number of aromatic hydroxyl groups is 1. The van der Waals surface area contributed by atoms with E-state index in [4.69, 9.17) is 4.74 Å². The summed E-state index contributed by atoms with van der Waals surface area (Å²) in [7, 11) is 1.46. The van der Waals surface area contributed by atoms with Crippen molar-refractivity contribution in [2.24, 2.45) is 5.41 Å². The predicted molar refractivity (Wildman–Crippen MR) is 140 cm³/mol. The number of nitrogens with one attached hydrogen (secondary N) is 1. The van der Waals surface area contributed by atoms with E-state index in [-0.39, 0.29) is 41.0 Å². The van der Waals surface area contributed by atoms with E-state index in [0.717, 1.165) is 44.6 Å². The number of carbonyl (C=O) groups is 2. The molecule has 2 aromatic rings. The number of hydrogen-bond acceptors (Lipinski definition) is 4. The zero-order chi connectivity index (χ0) is 27.8. The number of rotatable bonds is 6.